The number of amides is 1. The Kier molecular flexibility index (Phi) is 4.64. The number of carbonyl (C=O) groups excluding carboxylic acids is 1. The van der Waals surface area contributed by atoms with Gasteiger partial charge in [0.15, 0.2) is 0 Å². The first-order chi connectivity index (χ1) is 10.3. The lowest BCUT2D eigenvalue weighted by molar-refractivity contribution is 0.0643. The number of benzene rings is 1. The fraction of sp³-hybridized carbons (Fsp3) is 0.412. The second kappa shape index (κ2) is 6.30. The third-order valence-electron chi connectivity index (χ3n) is 3.67. The molecule has 0 bridgehead atoms. The molecule has 118 valence electrons. The molecule has 0 unspecified atom stereocenters. The first-order valence-corrected chi connectivity index (χ1v) is 7.46. The highest BCUT2D eigenvalue weighted by Crippen LogP contribution is 2.20. The van der Waals surface area contributed by atoms with Gasteiger partial charge in [0.25, 0.3) is 5.91 Å². The van der Waals surface area contributed by atoms with Crippen molar-refractivity contribution in [2.24, 2.45) is 0 Å². The quantitative estimate of drug-likeness (QED) is 0.866. The highest BCUT2D eigenvalue weighted by Gasteiger charge is 2.25. The largest absolute Gasteiger partial charge is 0.334 e. The average molecular weight is 303 g/mol. The van der Waals surface area contributed by atoms with Crippen LogP contribution in [0.25, 0.3) is 5.69 Å². The van der Waals surface area contributed by atoms with E-state index in [2.05, 4.69) is 5.10 Å². The maximum Gasteiger partial charge on any atom is 0.257 e. The van der Waals surface area contributed by atoms with Crippen LogP contribution in [0, 0.1) is 12.7 Å². The van der Waals surface area contributed by atoms with Gasteiger partial charge in [0.05, 0.1) is 17.5 Å². The summed E-state index contributed by atoms with van der Waals surface area (Å²) in [5.74, 6) is -0.442. The number of hydrogen-bond donors (Lipinski definition) is 0. The fourth-order valence-corrected chi connectivity index (χ4v) is 2.69. The number of hydrogen-bond acceptors (Lipinski definition) is 2. The van der Waals surface area contributed by atoms with E-state index in [-0.39, 0.29) is 23.8 Å². The van der Waals surface area contributed by atoms with E-state index in [1.54, 1.807) is 30.0 Å². The Morgan fingerprint density at radius 2 is 1.77 bits per heavy atom. The molecule has 0 spiro atoms. The van der Waals surface area contributed by atoms with Crippen LogP contribution in [0.1, 0.15) is 43.7 Å². The van der Waals surface area contributed by atoms with Crippen molar-refractivity contribution in [3.63, 3.8) is 0 Å². The molecule has 0 radical (unpaired) electrons. The monoisotopic (exact) mass is 303 g/mol. The van der Waals surface area contributed by atoms with Gasteiger partial charge < -0.3 is 4.90 Å². The number of halogens is 1. The van der Waals surface area contributed by atoms with E-state index in [9.17, 15) is 9.18 Å². The van der Waals surface area contributed by atoms with Crippen LogP contribution in [0.15, 0.2) is 30.5 Å². The summed E-state index contributed by atoms with van der Waals surface area (Å²) >= 11 is 0. The molecule has 0 N–H and O–H groups in total. The van der Waals surface area contributed by atoms with Crippen molar-refractivity contribution < 1.29 is 9.18 Å². The fourth-order valence-electron chi connectivity index (χ4n) is 2.69. The zero-order valence-electron chi connectivity index (χ0n) is 13.7. The summed E-state index contributed by atoms with van der Waals surface area (Å²) in [4.78, 5) is 14.6. The Balaban J connectivity index is 2.44. The number of para-hydroxylation sites is 1. The lowest BCUT2D eigenvalue weighted by atomic mass is 10.1. The van der Waals surface area contributed by atoms with Crippen LogP contribution in [-0.4, -0.2) is 32.7 Å². The van der Waals surface area contributed by atoms with Crippen LogP contribution in [0.4, 0.5) is 4.39 Å². The van der Waals surface area contributed by atoms with Crippen LogP contribution in [0.2, 0.25) is 0 Å². The van der Waals surface area contributed by atoms with Crippen LogP contribution in [-0.2, 0) is 0 Å². The summed E-state index contributed by atoms with van der Waals surface area (Å²) < 4.78 is 15.4. The van der Waals surface area contributed by atoms with Crippen molar-refractivity contribution in [2.75, 3.05) is 0 Å². The summed E-state index contributed by atoms with van der Waals surface area (Å²) in [5.41, 5.74) is 1.49. The summed E-state index contributed by atoms with van der Waals surface area (Å²) in [7, 11) is 0. The van der Waals surface area contributed by atoms with E-state index in [4.69, 9.17) is 0 Å². The van der Waals surface area contributed by atoms with Gasteiger partial charge in [0.2, 0.25) is 0 Å². The number of nitrogens with zero attached hydrogens (tertiary/aromatic N) is 3. The molecule has 2 rings (SSSR count). The lowest BCUT2D eigenvalue weighted by Crippen LogP contribution is -2.42. The molecule has 0 aliphatic carbocycles. The minimum atomic E-state index is -0.364. The van der Waals surface area contributed by atoms with E-state index in [1.165, 1.54) is 16.9 Å². The molecule has 0 aliphatic rings. The van der Waals surface area contributed by atoms with Gasteiger partial charge in [-0.1, -0.05) is 12.1 Å². The smallest absolute Gasteiger partial charge is 0.257 e. The summed E-state index contributed by atoms with van der Waals surface area (Å²) in [6, 6.07) is 6.57. The first-order valence-electron chi connectivity index (χ1n) is 7.46. The van der Waals surface area contributed by atoms with Gasteiger partial charge in [-0.15, -0.1) is 0 Å². The standard InChI is InChI=1S/C17H22FN3O/c1-11(2)20(12(3)4)17(22)14-10-19-21(13(14)5)16-9-7-6-8-15(16)18/h6-12H,1-5H3. The Bertz CT molecular complexity index is 668. The van der Waals surface area contributed by atoms with Crippen molar-refractivity contribution in [3.05, 3.63) is 47.5 Å². The van der Waals surface area contributed by atoms with Gasteiger partial charge in [-0.05, 0) is 46.8 Å². The molecule has 22 heavy (non-hydrogen) atoms. The van der Waals surface area contributed by atoms with Gasteiger partial charge >= 0.3 is 0 Å². The molecule has 1 aromatic carbocycles. The van der Waals surface area contributed by atoms with Crippen molar-refractivity contribution in [2.45, 2.75) is 46.7 Å². The van der Waals surface area contributed by atoms with Crippen LogP contribution < -0.4 is 0 Å². The molecular weight excluding hydrogens is 281 g/mol. The predicted molar refractivity (Wildman–Crippen MR) is 84.7 cm³/mol. The van der Waals surface area contributed by atoms with E-state index in [0.29, 0.717) is 16.9 Å². The Morgan fingerprint density at radius 3 is 2.32 bits per heavy atom. The van der Waals surface area contributed by atoms with Crippen LogP contribution >= 0.6 is 0 Å². The Hall–Kier alpha value is -2.17. The molecule has 1 aromatic heterocycles. The van der Waals surface area contributed by atoms with Crippen molar-refractivity contribution in [1.29, 1.82) is 0 Å². The van der Waals surface area contributed by atoms with Gasteiger partial charge in [-0.2, -0.15) is 5.10 Å². The summed E-state index contributed by atoms with van der Waals surface area (Å²) in [6.45, 7) is 9.71. The molecule has 5 heteroatoms. The zero-order chi connectivity index (χ0) is 16.4. The van der Waals surface area contributed by atoms with Gasteiger partial charge in [0.1, 0.15) is 11.5 Å². The predicted octanol–water partition coefficient (Wildman–Crippen LogP) is 3.58. The minimum Gasteiger partial charge on any atom is -0.334 e. The first kappa shape index (κ1) is 16.2. The third kappa shape index (κ3) is 2.89. The van der Waals surface area contributed by atoms with Gasteiger partial charge in [0, 0.05) is 12.1 Å². The molecule has 0 saturated carbocycles. The number of aromatic nitrogens is 2. The van der Waals surface area contributed by atoms with Crippen molar-refractivity contribution in [3.8, 4) is 5.69 Å². The third-order valence-corrected chi connectivity index (χ3v) is 3.67. The van der Waals surface area contributed by atoms with Crippen LogP contribution in [0.3, 0.4) is 0 Å². The molecule has 1 amide bonds. The van der Waals surface area contributed by atoms with E-state index < -0.39 is 0 Å². The van der Waals surface area contributed by atoms with Crippen molar-refractivity contribution >= 4 is 5.91 Å². The number of rotatable bonds is 4. The molecule has 4 nitrogen and oxygen atoms in total. The Morgan fingerprint density at radius 1 is 1.18 bits per heavy atom. The molecule has 0 fully saturated rings. The molecule has 1 heterocycles. The molecular formula is C17H22FN3O. The van der Waals surface area contributed by atoms with Crippen LogP contribution in [0.5, 0.6) is 0 Å². The normalized spacial score (nSPS) is 11.3. The molecule has 0 saturated heterocycles. The number of carbonyl (C=O) groups is 1. The van der Waals surface area contributed by atoms with E-state index in [1.807, 2.05) is 27.7 Å². The Labute approximate surface area is 130 Å². The van der Waals surface area contributed by atoms with Gasteiger partial charge in [-0.25, -0.2) is 9.07 Å². The SMILES string of the molecule is Cc1c(C(=O)N(C(C)C)C(C)C)cnn1-c1ccccc1F. The second-order valence-corrected chi connectivity index (χ2v) is 5.91. The molecule has 0 aliphatic heterocycles. The highest BCUT2D eigenvalue weighted by atomic mass is 19.1. The minimum absolute atomic E-state index is 0.0786. The van der Waals surface area contributed by atoms with Crippen molar-refractivity contribution in [1.82, 2.24) is 14.7 Å². The zero-order valence-corrected chi connectivity index (χ0v) is 13.7. The van der Waals surface area contributed by atoms with E-state index in [0.717, 1.165) is 0 Å². The maximum atomic E-state index is 13.9. The second-order valence-electron chi connectivity index (χ2n) is 5.91. The maximum absolute atomic E-state index is 13.9. The molecule has 0 atom stereocenters. The summed E-state index contributed by atoms with van der Waals surface area (Å²) in [5, 5.41) is 4.20. The average Bonchev–Trinajstić information content (AvgIpc) is 2.80. The lowest BCUT2D eigenvalue weighted by Gasteiger charge is -2.30. The van der Waals surface area contributed by atoms with Gasteiger partial charge in [-0.3, -0.25) is 4.79 Å². The topological polar surface area (TPSA) is 38.1 Å². The van der Waals surface area contributed by atoms with E-state index >= 15 is 0 Å². The molecule has 2 aromatic rings. The highest BCUT2D eigenvalue weighted by molar-refractivity contribution is 5.95. The summed E-state index contributed by atoms with van der Waals surface area (Å²) in [6.07, 6.45) is 1.52.